The first-order chi connectivity index (χ1) is 9.52. The number of hydrogen-bond donors (Lipinski definition) is 0. The Kier molecular flexibility index (Phi) is 2.77. The Morgan fingerprint density at radius 2 is 1.90 bits per heavy atom. The molecule has 4 bridgehead atoms. The molecule has 3 heteroatoms. The van der Waals surface area contributed by atoms with E-state index in [0.717, 1.165) is 35.9 Å². The van der Waals surface area contributed by atoms with Crippen LogP contribution in [0.3, 0.4) is 0 Å². The largest absolute Gasteiger partial charge is 0.496 e. The minimum atomic E-state index is -0.919. The number of methoxy groups -OCH3 is 1. The lowest BCUT2D eigenvalue weighted by Gasteiger charge is -2.59. The van der Waals surface area contributed by atoms with E-state index in [9.17, 15) is 0 Å². The van der Waals surface area contributed by atoms with Gasteiger partial charge in [0.25, 0.3) is 0 Å². The van der Waals surface area contributed by atoms with E-state index in [-0.39, 0.29) is 5.41 Å². The van der Waals surface area contributed by atoms with Crippen LogP contribution < -0.4 is 4.74 Å². The van der Waals surface area contributed by atoms with Gasteiger partial charge < -0.3 is 4.74 Å². The molecule has 4 fully saturated rings. The van der Waals surface area contributed by atoms with Crippen molar-refractivity contribution in [2.45, 2.75) is 49.6 Å². The Hall–Kier alpha value is -0.570. The average Bonchev–Trinajstić information content (AvgIpc) is 2.35. The first kappa shape index (κ1) is 13.1. The van der Waals surface area contributed by atoms with Gasteiger partial charge in [-0.15, -0.1) is 0 Å². The molecule has 20 heavy (non-hydrogen) atoms. The summed E-state index contributed by atoms with van der Waals surface area (Å²) in [7, 11) is 1.72. The van der Waals surface area contributed by atoms with Crippen LogP contribution >= 0.6 is 15.9 Å². The van der Waals surface area contributed by atoms with Crippen LogP contribution in [0.4, 0.5) is 4.39 Å². The molecule has 5 rings (SSSR count). The van der Waals surface area contributed by atoms with Crippen molar-refractivity contribution in [2.24, 2.45) is 11.8 Å². The van der Waals surface area contributed by atoms with Gasteiger partial charge in [0.2, 0.25) is 0 Å². The zero-order chi connectivity index (χ0) is 14.0. The van der Waals surface area contributed by atoms with Gasteiger partial charge in [-0.25, -0.2) is 4.39 Å². The van der Waals surface area contributed by atoms with Crippen LogP contribution in [-0.4, -0.2) is 12.8 Å². The maximum absolute atomic E-state index is 15.1. The molecule has 0 aliphatic heterocycles. The van der Waals surface area contributed by atoms with Crippen molar-refractivity contribution in [2.75, 3.05) is 7.11 Å². The first-order valence-electron chi connectivity index (χ1n) is 7.55. The molecular formula is C17H20BrFO. The van der Waals surface area contributed by atoms with Gasteiger partial charge in [-0.1, -0.05) is 15.9 Å². The van der Waals surface area contributed by atoms with Gasteiger partial charge in [0, 0.05) is 15.5 Å². The summed E-state index contributed by atoms with van der Waals surface area (Å²) in [6.07, 6.45) is 5.80. The second kappa shape index (κ2) is 4.22. The number of rotatable bonds is 2. The second-order valence-corrected chi connectivity index (χ2v) is 8.15. The molecular weight excluding hydrogens is 319 g/mol. The van der Waals surface area contributed by atoms with Crippen LogP contribution in [0.5, 0.6) is 5.75 Å². The zero-order valence-electron chi connectivity index (χ0n) is 11.8. The van der Waals surface area contributed by atoms with Crippen LogP contribution in [-0.2, 0) is 5.41 Å². The van der Waals surface area contributed by atoms with Gasteiger partial charge in [0.1, 0.15) is 11.4 Å². The summed E-state index contributed by atoms with van der Waals surface area (Å²) in [4.78, 5) is 0. The van der Waals surface area contributed by atoms with Crippen molar-refractivity contribution in [1.29, 1.82) is 0 Å². The highest BCUT2D eigenvalue weighted by atomic mass is 79.9. The molecule has 4 saturated carbocycles. The standard InChI is InChI=1S/C17H20BrFO/c1-20-15-3-2-13(18)5-14(15)16-6-11-4-12(7-16)9-17(19,8-11)10-16/h2-3,5,11-12H,4,6-10H2,1H3. The van der Waals surface area contributed by atoms with Gasteiger partial charge in [0.15, 0.2) is 0 Å². The van der Waals surface area contributed by atoms with Gasteiger partial charge in [0.05, 0.1) is 7.11 Å². The third-order valence-corrected chi connectivity index (χ3v) is 6.22. The van der Waals surface area contributed by atoms with Gasteiger partial charge in [-0.2, -0.15) is 0 Å². The fourth-order valence-corrected chi connectivity index (χ4v) is 5.92. The lowest BCUT2D eigenvalue weighted by Crippen LogP contribution is -2.55. The van der Waals surface area contributed by atoms with E-state index in [1.807, 2.05) is 12.1 Å². The molecule has 0 heterocycles. The number of hydrogen-bond acceptors (Lipinski definition) is 1. The van der Waals surface area contributed by atoms with Crippen molar-refractivity contribution in [3.63, 3.8) is 0 Å². The van der Waals surface area contributed by atoms with Crippen molar-refractivity contribution in [1.82, 2.24) is 0 Å². The molecule has 4 aliphatic rings. The number of benzene rings is 1. The fourth-order valence-electron chi connectivity index (χ4n) is 5.56. The minimum absolute atomic E-state index is 0.00789. The van der Waals surface area contributed by atoms with Gasteiger partial charge in [-0.3, -0.25) is 0 Å². The van der Waals surface area contributed by atoms with Crippen LogP contribution in [0.2, 0.25) is 0 Å². The summed E-state index contributed by atoms with van der Waals surface area (Å²) >= 11 is 3.57. The third kappa shape index (κ3) is 1.85. The third-order valence-electron chi connectivity index (χ3n) is 5.72. The molecule has 2 unspecified atom stereocenters. The summed E-state index contributed by atoms with van der Waals surface area (Å²) in [6.45, 7) is 0. The van der Waals surface area contributed by atoms with Gasteiger partial charge in [-0.05, 0) is 68.6 Å². The van der Waals surface area contributed by atoms with Crippen LogP contribution in [0.25, 0.3) is 0 Å². The first-order valence-corrected chi connectivity index (χ1v) is 8.34. The Balaban J connectivity index is 1.83. The highest BCUT2D eigenvalue weighted by Crippen LogP contribution is 2.64. The number of ether oxygens (including phenoxy) is 1. The van der Waals surface area contributed by atoms with E-state index in [1.165, 1.54) is 12.0 Å². The van der Waals surface area contributed by atoms with E-state index in [2.05, 4.69) is 22.0 Å². The van der Waals surface area contributed by atoms with Crippen LogP contribution in [0.1, 0.15) is 44.1 Å². The van der Waals surface area contributed by atoms with Crippen molar-refractivity contribution < 1.29 is 9.13 Å². The predicted molar refractivity (Wildman–Crippen MR) is 80.9 cm³/mol. The Bertz CT molecular complexity index is 542. The zero-order valence-corrected chi connectivity index (χ0v) is 13.4. The van der Waals surface area contributed by atoms with E-state index >= 15 is 4.39 Å². The maximum Gasteiger partial charge on any atom is 0.122 e. The lowest BCUT2D eigenvalue weighted by molar-refractivity contribution is -0.0898. The molecule has 1 aromatic carbocycles. The molecule has 1 aromatic rings. The molecule has 0 amide bonds. The molecule has 108 valence electrons. The molecule has 0 radical (unpaired) electrons. The summed E-state index contributed by atoms with van der Waals surface area (Å²) in [5.74, 6) is 2.08. The van der Waals surface area contributed by atoms with Crippen molar-refractivity contribution >= 4 is 15.9 Å². The Morgan fingerprint density at radius 1 is 1.20 bits per heavy atom. The minimum Gasteiger partial charge on any atom is -0.496 e. The van der Waals surface area contributed by atoms with E-state index < -0.39 is 5.67 Å². The summed E-state index contributed by atoms with van der Waals surface area (Å²) in [6, 6.07) is 6.19. The molecule has 2 atom stereocenters. The quantitative estimate of drug-likeness (QED) is 0.735. The maximum atomic E-state index is 15.1. The topological polar surface area (TPSA) is 9.23 Å². The molecule has 0 saturated heterocycles. The Labute approximate surface area is 128 Å². The highest BCUT2D eigenvalue weighted by molar-refractivity contribution is 9.10. The molecule has 0 spiro atoms. The normalized spacial score (nSPS) is 42.0. The highest BCUT2D eigenvalue weighted by Gasteiger charge is 2.59. The van der Waals surface area contributed by atoms with Crippen LogP contribution in [0.15, 0.2) is 22.7 Å². The monoisotopic (exact) mass is 338 g/mol. The summed E-state index contributed by atoms with van der Waals surface area (Å²) in [5, 5.41) is 0. The fraction of sp³-hybridized carbons (Fsp3) is 0.647. The Morgan fingerprint density at radius 3 is 2.50 bits per heavy atom. The SMILES string of the molecule is COc1ccc(Br)cc1C12CC3CC(CC(F)(C3)C1)C2. The van der Waals surface area contributed by atoms with Crippen molar-refractivity contribution in [3.8, 4) is 5.75 Å². The van der Waals surface area contributed by atoms with Gasteiger partial charge >= 0.3 is 0 Å². The van der Waals surface area contributed by atoms with Crippen LogP contribution in [0, 0.1) is 11.8 Å². The average molecular weight is 339 g/mol. The smallest absolute Gasteiger partial charge is 0.122 e. The number of alkyl halides is 1. The van der Waals surface area contributed by atoms with Crippen molar-refractivity contribution in [3.05, 3.63) is 28.2 Å². The molecule has 0 aromatic heterocycles. The molecule has 0 N–H and O–H groups in total. The molecule has 4 aliphatic carbocycles. The molecule has 1 nitrogen and oxygen atoms in total. The predicted octanol–water partition coefficient (Wildman–Crippen LogP) is 5.02. The van der Waals surface area contributed by atoms with E-state index in [0.29, 0.717) is 18.3 Å². The van der Waals surface area contributed by atoms with E-state index in [1.54, 1.807) is 7.11 Å². The second-order valence-electron chi connectivity index (χ2n) is 7.24. The summed E-state index contributed by atoms with van der Waals surface area (Å²) < 4.78 is 21.7. The van der Waals surface area contributed by atoms with E-state index in [4.69, 9.17) is 4.74 Å². The number of halogens is 2. The summed E-state index contributed by atoms with van der Waals surface area (Å²) in [5.41, 5.74) is 0.316. The lowest BCUT2D eigenvalue weighted by atomic mass is 9.47.